The van der Waals surface area contributed by atoms with Gasteiger partial charge in [0.25, 0.3) is 0 Å². The minimum absolute atomic E-state index is 0.127. The number of thioether (sulfide) groups is 1. The molecule has 1 saturated heterocycles. The van der Waals surface area contributed by atoms with Crippen LogP contribution in [0.3, 0.4) is 0 Å². The van der Waals surface area contributed by atoms with E-state index in [2.05, 4.69) is 10.3 Å². The molecule has 1 fully saturated rings. The third kappa shape index (κ3) is 5.37. The molecule has 1 amide bonds. The smallest absolute Gasteiger partial charge is 0.243 e. The third-order valence-electron chi connectivity index (χ3n) is 5.94. The molecule has 180 valence electrons. The Morgan fingerprint density at radius 2 is 1.79 bits per heavy atom. The molecule has 2 heterocycles. The number of carbonyl (C=O) groups excluding carboxylic acids is 1. The van der Waals surface area contributed by atoms with E-state index in [1.54, 1.807) is 53.9 Å². The van der Waals surface area contributed by atoms with Crippen LogP contribution in [0.25, 0.3) is 10.9 Å². The fourth-order valence-corrected chi connectivity index (χ4v) is 6.44. The van der Waals surface area contributed by atoms with E-state index in [9.17, 15) is 13.2 Å². The Hall–Kier alpha value is -2.62. The SMILES string of the molecule is COc1ccc(NC(=O)C(C)Sc2cc(C)c3cc(S(=O)(=O)N4CCCCC4)ccc3n2)cc1. The van der Waals surface area contributed by atoms with Gasteiger partial charge in [-0.1, -0.05) is 18.2 Å². The maximum Gasteiger partial charge on any atom is 0.243 e. The molecule has 0 spiro atoms. The molecule has 9 heteroatoms. The zero-order chi connectivity index (χ0) is 24.3. The first-order valence-corrected chi connectivity index (χ1v) is 13.6. The van der Waals surface area contributed by atoms with Crippen LogP contribution in [-0.2, 0) is 14.8 Å². The van der Waals surface area contributed by atoms with E-state index in [0.717, 1.165) is 36.0 Å². The summed E-state index contributed by atoms with van der Waals surface area (Å²) in [6, 6.07) is 14.2. The molecule has 7 nitrogen and oxygen atoms in total. The summed E-state index contributed by atoms with van der Waals surface area (Å²) >= 11 is 1.37. The molecule has 0 bridgehead atoms. The van der Waals surface area contributed by atoms with Gasteiger partial charge in [0.15, 0.2) is 0 Å². The van der Waals surface area contributed by atoms with Crippen molar-refractivity contribution in [1.82, 2.24) is 9.29 Å². The number of nitrogens with one attached hydrogen (secondary N) is 1. The molecule has 4 rings (SSSR count). The predicted octanol–water partition coefficient (Wildman–Crippen LogP) is 4.85. The lowest BCUT2D eigenvalue weighted by Gasteiger charge is -2.26. The average Bonchev–Trinajstić information content (AvgIpc) is 2.84. The van der Waals surface area contributed by atoms with Gasteiger partial charge in [0.05, 0.1) is 27.8 Å². The third-order valence-corrected chi connectivity index (χ3v) is 8.85. The first-order valence-electron chi connectivity index (χ1n) is 11.3. The topological polar surface area (TPSA) is 88.6 Å². The van der Waals surface area contributed by atoms with Crippen LogP contribution in [0.4, 0.5) is 5.69 Å². The Morgan fingerprint density at radius 3 is 2.47 bits per heavy atom. The molecule has 2 aromatic carbocycles. The first kappa shape index (κ1) is 24.5. The number of rotatable bonds is 7. The molecule has 3 aromatic rings. The quantitative estimate of drug-likeness (QED) is 0.468. The monoisotopic (exact) mass is 499 g/mol. The summed E-state index contributed by atoms with van der Waals surface area (Å²) in [5, 5.41) is 4.06. The Labute approximate surface area is 205 Å². The number of nitrogens with zero attached hydrogens (tertiary/aromatic N) is 2. The Bertz CT molecular complexity index is 1290. The molecule has 0 aliphatic carbocycles. The summed E-state index contributed by atoms with van der Waals surface area (Å²) in [5.41, 5.74) is 2.33. The van der Waals surface area contributed by atoms with Crippen LogP contribution in [0.2, 0.25) is 0 Å². The highest BCUT2D eigenvalue weighted by Crippen LogP contribution is 2.30. The highest BCUT2D eigenvalue weighted by molar-refractivity contribution is 8.00. The van der Waals surface area contributed by atoms with Crippen molar-refractivity contribution in [3.05, 3.63) is 54.1 Å². The lowest BCUT2D eigenvalue weighted by Crippen LogP contribution is -2.35. The summed E-state index contributed by atoms with van der Waals surface area (Å²) < 4.78 is 32.9. The van der Waals surface area contributed by atoms with Crippen molar-refractivity contribution in [1.29, 1.82) is 0 Å². The molecular weight excluding hydrogens is 470 g/mol. The highest BCUT2D eigenvalue weighted by atomic mass is 32.2. The van der Waals surface area contributed by atoms with Crippen molar-refractivity contribution < 1.29 is 17.9 Å². The lowest BCUT2D eigenvalue weighted by molar-refractivity contribution is -0.115. The summed E-state index contributed by atoms with van der Waals surface area (Å²) in [4.78, 5) is 17.6. The standard InChI is InChI=1S/C25H29N3O4S2/c1-17-15-24(33-18(2)25(29)26-19-7-9-20(32-3)10-8-19)27-23-12-11-21(16-22(17)23)34(30,31)28-13-5-4-6-14-28/h7-12,15-16,18H,4-6,13-14H2,1-3H3,(H,26,29). The number of carbonyl (C=O) groups is 1. The van der Waals surface area contributed by atoms with Crippen molar-refractivity contribution >= 4 is 44.3 Å². The lowest BCUT2D eigenvalue weighted by atomic mass is 10.1. The number of amides is 1. The second-order valence-corrected chi connectivity index (χ2v) is 11.7. The van der Waals surface area contributed by atoms with E-state index in [1.807, 2.05) is 19.9 Å². The Kier molecular flexibility index (Phi) is 7.45. The van der Waals surface area contributed by atoms with Gasteiger partial charge in [-0.2, -0.15) is 4.31 Å². The Balaban J connectivity index is 1.50. The van der Waals surface area contributed by atoms with Crippen molar-refractivity contribution in [2.45, 2.75) is 48.3 Å². The van der Waals surface area contributed by atoms with Gasteiger partial charge in [0.2, 0.25) is 15.9 Å². The normalized spacial score (nSPS) is 15.7. The number of aryl methyl sites for hydroxylation is 1. The molecule has 0 radical (unpaired) electrons. The fourth-order valence-electron chi connectivity index (χ4n) is 3.97. The van der Waals surface area contributed by atoms with Crippen molar-refractivity contribution in [3.63, 3.8) is 0 Å². The second-order valence-electron chi connectivity index (χ2n) is 8.40. The van der Waals surface area contributed by atoms with Crippen LogP contribution in [0, 0.1) is 6.92 Å². The van der Waals surface area contributed by atoms with Gasteiger partial charge in [-0.3, -0.25) is 4.79 Å². The molecule has 1 unspecified atom stereocenters. The molecule has 34 heavy (non-hydrogen) atoms. The number of ether oxygens (including phenoxy) is 1. The maximum atomic E-state index is 13.1. The summed E-state index contributed by atoms with van der Waals surface area (Å²) in [5.74, 6) is 0.598. The summed E-state index contributed by atoms with van der Waals surface area (Å²) in [6.07, 6.45) is 2.88. The second kappa shape index (κ2) is 10.3. The minimum Gasteiger partial charge on any atom is -0.497 e. The maximum absolute atomic E-state index is 13.1. The number of sulfonamides is 1. The summed E-state index contributed by atoms with van der Waals surface area (Å²) in [6.45, 7) is 4.92. The van der Waals surface area contributed by atoms with Crippen LogP contribution >= 0.6 is 11.8 Å². The van der Waals surface area contributed by atoms with E-state index in [0.29, 0.717) is 34.2 Å². The number of anilines is 1. The minimum atomic E-state index is -3.51. The van der Waals surface area contributed by atoms with Gasteiger partial charge in [-0.25, -0.2) is 13.4 Å². The van der Waals surface area contributed by atoms with Gasteiger partial charge < -0.3 is 10.1 Å². The van der Waals surface area contributed by atoms with Crippen LogP contribution in [0.5, 0.6) is 5.75 Å². The van der Waals surface area contributed by atoms with E-state index < -0.39 is 10.0 Å². The number of methoxy groups -OCH3 is 1. The largest absolute Gasteiger partial charge is 0.497 e. The molecule has 1 aliphatic rings. The molecule has 1 aromatic heterocycles. The van der Waals surface area contributed by atoms with E-state index >= 15 is 0 Å². The number of fused-ring (bicyclic) bond motifs is 1. The number of hydrogen-bond donors (Lipinski definition) is 1. The zero-order valence-corrected chi connectivity index (χ0v) is 21.2. The van der Waals surface area contributed by atoms with Gasteiger partial charge in [0, 0.05) is 24.2 Å². The van der Waals surface area contributed by atoms with Gasteiger partial charge in [-0.05, 0) is 80.8 Å². The molecular formula is C25H29N3O4S2. The van der Waals surface area contributed by atoms with Gasteiger partial charge >= 0.3 is 0 Å². The molecule has 0 saturated carbocycles. The van der Waals surface area contributed by atoms with Crippen molar-refractivity contribution in [2.24, 2.45) is 0 Å². The fraction of sp³-hybridized carbons (Fsp3) is 0.360. The van der Waals surface area contributed by atoms with E-state index in [-0.39, 0.29) is 11.2 Å². The van der Waals surface area contributed by atoms with Crippen LogP contribution in [0.1, 0.15) is 31.7 Å². The number of piperidine rings is 1. The van der Waals surface area contributed by atoms with E-state index in [1.165, 1.54) is 11.8 Å². The molecule has 1 N–H and O–H groups in total. The van der Waals surface area contributed by atoms with Crippen LogP contribution in [0.15, 0.2) is 58.5 Å². The molecule has 1 aliphatic heterocycles. The number of pyridine rings is 1. The summed E-state index contributed by atoms with van der Waals surface area (Å²) in [7, 11) is -1.91. The average molecular weight is 500 g/mol. The van der Waals surface area contributed by atoms with Crippen LogP contribution in [-0.4, -0.2) is 49.1 Å². The van der Waals surface area contributed by atoms with Crippen LogP contribution < -0.4 is 10.1 Å². The van der Waals surface area contributed by atoms with Crippen molar-refractivity contribution in [2.75, 3.05) is 25.5 Å². The first-order chi connectivity index (χ1) is 16.3. The van der Waals surface area contributed by atoms with E-state index in [4.69, 9.17) is 4.74 Å². The molecule has 1 atom stereocenters. The number of hydrogen-bond acceptors (Lipinski definition) is 6. The Morgan fingerprint density at radius 1 is 1.09 bits per heavy atom. The predicted molar refractivity (Wildman–Crippen MR) is 136 cm³/mol. The number of benzene rings is 2. The zero-order valence-electron chi connectivity index (χ0n) is 19.6. The van der Waals surface area contributed by atoms with Gasteiger partial charge in [-0.15, -0.1) is 0 Å². The van der Waals surface area contributed by atoms with Crippen molar-refractivity contribution in [3.8, 4) is 5.75 Å². The number of aromatic nitrogens is 1. The van der Waals surface area contributed by atoms with Gasteiger partial charge in [0.1, 0.15) is 5.75 Å². The highest BCUT2D eigenvalue weighted by Gasteiger charge is 2.26.